The van der Waals surface area contributed by atoms with Crippen molar-refractivity contribution in [3.63, 3.8) is 0 Å². The maximum atomic E-state index is 13.5. The second-order valence-electron chi connectivity index (χ2n) is 7.18. The van der Waals surface area contributed by atoms with E-state index < -0.39 is 29.1 Å². The van der Waals surface area contributed by atoms with Gasteiger partial charge in [-0.25, -0.2) is 18.3 Å². The van der Waals surface area contributed by atoms with Crippen LogP contribution in [0.25, 0.3) is 11.8 Å². The van der Waals surface area contributed by atoms with Crippen LogP contribution in [0.4, 0.5) is 13.6 Å². The molecule has 1 aliphatic rings. The fraction of sp³-hybridized carbons (Fsp3) is 0.136. The highest BCUT2D eigenvalue weighted by Gasteiger charge is 2.34. The van der Waals surface area contributed by atoms with E-state index in [-0.39, 0.29) is 30.0 Å². The number of nitrogens with zero attached hydrogens (tertiary/aromatic N) is 2. The molecule has 3 amide bonds. The van der Waals surface area contributed by atoms with Crippen LogP contribution in [0, 0.1) is 11.6 Å². The van der Waals surface area contributed by atoms with Gasteiger partial charge in [-0.2, -0.15) is 0 Å². The van der Waals surface area contributed by atoms with E-state index >= 15 is 0 Å². The molecule has 0 saturated carbocycles. The second kappa shape index (κ2) is 9.00. The number of nitrogens with one attached hydrogen (secondary N) is 2. The fourth-order valence-electron chi connectivity index (χ4n) is 3.35. The Morgan fingerprint density at radius 3 is 2.45 bits per heavy atom. The van der Waals surface area contributed by atoms with Crippen molar-refractivity contribution in [2.75, 3.05) is 7.11 Å². The highest BCUT2D eigenvalue weighted by molar-refractivity contribution is 6.30. The Hall–Kier alpha value is -3.76. The third-order valence-electron chi connectivity index (χ3n) is 4.95. The number of benzene rings is 2. The first-order valence-corrected chi connectivity index (χ1v) is 10.0. The Labute approximate surface area is 191 Å². The van der Waals surface area contributed by atoms with Crippen LogP contribution in [0.1, 0.15) is 16.8 Å². The number of urea groups is 1. The maximum Gasteiger partial charge on any atom is 0.329 e. The van der Waals surface area contributed by atoms with E-state index in [1.54, 1.807) is 24.3 Å². The molecule has 11 heteroatoms. The van der Waals surface area contributed by atoms with Gasteiger partial charge in [0.15, 0.2) is 11.6 Å². The van der Waals surface area contributed by atoms with Crippen LogP contribution in [0.3, 0.4) is 0 Å². The standard InChI is InChI=1S/C22H17ClF2N4O4/c1-33-11-19-15(20(30)29(27-19)14-5-3-13(23)4-6-14)9-18-21(31)28(22(32)26-18)10-12-2-7-16(24)17(25)8-12/h2-9,27H,10-11H2,1H3,(H,26,32). The van der Waals surface area contributed by atoms with Gasteiger partial charge in [0.1, 0.15) is 5.70 Å². The van der Waals surface area contributed by atoms with Crippen LogP contribution in [-0.2, 0) is 22.7 Å². The number of aromatic nitrogens is 2. The summed E-state index contributed by atoms with van der Waals surface area (Å²) in [6.07, 6.45) is 1.26. The highest BCUT2D eigenvalue weighted by Crippen LogP contribution is 2.20. The third kappa shape index (κ3) is 4.43. The second-order valence-corrected chi connectivity index (χ2v) is 7.62. The minimum absolute atomic E-state index is 0.0374. The number of H-pyrrole nitrogens is 1. The molecule has 33 heavy (non-hydrogen) atoms. The van der Waals surface area contributed by atoms with Gasteiger partial charge in [0, 0.05) is 12.1 Å². The summed E-state index contributed by atoms with van der Waals surface area (Å²) in [5.74, 6) is -2.84. The number of hydrogen-bond acceptors (Lipinski definition) is 4. The van der Waals surface area contributed by atoms with Gasteiger partial charge in [0.25, 0.3) is 11.5 Å². The van der Waals surface area contributed by atoms with Crippen molar-refractivity contribution in [1.29, 1.82) is 0 Å². The molecule has 2 N–H and O–H groups in total. The van der Waals surface area contributed by atoms with Crippen molar-refractivity contribution in [3.8, 4) is 5.69 Å². The molecule has 0 spiro atoms. The zero-order valence-corrected chi connectivity index (χ0v) is 18.0. The molecule has 1 aromatic heterocycles. The summed E-state index contributed by atoms with van der Waals surface area (Å²) in [4.78, 5) is 39.0. The SMILES string of the molecule is COCc1[nH]n(-c2ccc(Cl)cc2)c(=O)c1C=C1NC(=O)N(Cc2ccc(F)c(F)c2)C1=O. The van der Waals surface area contributed by atoms with Gasteiger partial charge < -0.3 is 10.1 Å². The summed E-state index contributed by atoms with van der Waals surface area (Å²) >= 11 is 5.91. The summed E-state index contributed by atoms with van der Waals surface area (Å²) in [5, 5.41) is 5.84. The van der Waals surface area contributed by atoms with Crippen LogP contribution in [0.5, 0.6) is 0 Å². The van der Waals surface area contributed by atoms with Crippen molar-refractivity contribution < 1.29 is 23.1 Å². The molecule has 2 aromatic carbocycles. The average Bonchev–Trinajstić information content (AvgIpc) is 3.23. The Morgan fingerprint density at radius 1 is 1.06 bits per heavy atom. The summed E-state index contributed by atoms with van der Waals surface area (Å²) in [7, 11) is 1.45. The summed E-state index contributed by atoms with van der Waals surface area (Å²) in [5.41, 5.74) is 0.618. The van der Waals surface area contributed by atoms with Gasteiger partial charge in [0.05, 0.1) is 30.1 Å². The monoisotopic (exact) mass is 474 g/mol. The Kier molecular flexibility index (Phi) is 6.12. The minimum Gasteiger partial charge on any atom is -0.378 e. The first kappa shape index (κ1) is 22.4. The normalized spacial score (nSPS) is 14.9. The van der Waals surface area contributed by atoms with E-state index in [0.29, 0.717) is 16.4 Å². The largest absolute Gasteiger partial charge is 0.378 e. The van der Waals surface area contributed by atoms with Crippen LogP contribution in [0.2, 0.25) is 5.02 Å². The number of aromatic amines is 1. The lowest BCUT2D eigenvalue weighted by Gasteiger charge is -2.11. The van der Waals surface area contributed by atoms with Crippen LogP contribution in [-0.4, -0.2) is 33.7 Å². The minimum atomic E-state index is -1.09. The van der Waals surface area contributed by atoms with E-state index in [9.17, 15) is 23.2 Å². The first-order chi connectivity index (χ1) is 15.8. The van der Waals surface area contributed by atoms with Crippen molar-refractivity contribution in [1.82, 2.24) is 20.0 Å². The van der Waals surface area contributed by atoms with E-state index in [2.05, 4.69) is 10.4 Å². The van der Waals surface area contributed by atoms with E-state index in [0.717, 1.165) is 17.0 Å². The number of imide groups is 1. The predicted molar refractivity (Wildman–Crippen MR) is 116 cm³/mol. The Morgan fingerprint density at radius 2 is 1.79 bits per heavy atom. The Balaban J connectivity index is 1.67. The quantitative estimate of drug-likeness (QED) is 0.423. The highest BCUT2D eigenvalue weighted by atomic mass is 35.5. The van der Waals surface area contributed by atoms with Crippen molar-refractivity contribution in [2.45, 2.75) is 13.2 Å². The number of hydrogen-bond donors (Lipinski definition) is 2. The Bertz CT molecular complexity index is 1330. The van der Waals surface area contributed by atoms with Crippen molar-refractivity contribution >= 4 is 29.6 Å². The van der Waals surface area contributed by atoms with Gasteiger partial charge in [-0.05, 0) is 48.0 Å². The van der Waals surface area contributed by atoms with Crippen molar-refractivity contribution in [3.05, 3.63) is 92.0 Å². The van der Waals surface area contributed by atoms with Gasteiger partial charge in [0.2, 0.25) is 0 Å². The lowest BCUT2D eigenvalue weighted by molar-refractivity contribution is -0.123. The summed E-state index contributed by atoms with van der Waals surface area (Å²) in [6.45, 7) is -0.234. The molecule has 170 valence electrons. The molecule has 1 fully saturated rings. The molecule has 4 rings (SSSR count). The molecule has 3 aromatic rings. The first-order valence-electron chi connectivity index (χ1n) is 9.65. The zero-order valence-electron chi connectivity index (χ0n) is 17.2. The molecule has 2 heterocycles. The number of carbonyl (C=O) groups is 2. The fourth-order valence-corrected chi connectivity index (χ4v) is 3.48. The number of carbonyl (C=O) groups excluding carboxylic acids is 2. The number of ether oxygens (including phenoxy) is 1. The topological polar surface area (TPSA) is 96.4 Å². The van der Waals surface area contributed by atoms with Gasteiger partial charge in [-0.15, -0.1) is 0 Å². The lowest BCUT2D eigenvalue weighted by Crippen LogP contribution is -2.30. The number of rotatable bonds is 6. The molecule has 0 atom stereocenters. The zero-order chi connectivity index (χ0) is 23.7. The molecular formula is C22H17ClF2N4O4. The third-order valence-corrected chi connectivity index (χ3v) is 5.21. The summed E-state index contributed by atoms with van der Waals surface area (Å²) < 4.78 is 33.0. The number of halogens is 3. The predicted octanol–water partition coefficient (Wildman–Crippen LogP) is 3.34. The van der Waals surface area contributed by atoms with Crippen LogP contribution < -0.4 is 10.9 Å². The van der Waals surface area contributed by atoms with Gasteiger partial charge >= 0.3 is 6.03 Å². The lowest BCUT2D eigenvalue weighted by atomic mass is 10.2. The molecule has 0 aliphatic carbocycles. The molecule has 1 aliphatic heterocycles. The molecule has 0 unspecified atom stereocenters. The van der Waals surface area contributed by atoms with Gasteiger partial charge in [-0.3, -0.25) is 19.6 Å². The molecular weight excluding hydrogens is 458 g/mol. The average molecular weight is 475 g/mol. The van der Waals surface area contributed by atoms with Crippen LogP contribution >= 0.6 is 11.6 Å². The van der Waals surface area contributed by atoms with E-state index in [1.165, 1.54) is 23.9 Å². The summed E-state index contributed by atoms with van der Waals surface area (Å²) in [6, 6.07) is 8.86. The van der Waals surface area contributed by atoms with Crippen LogP contribution in [0.15, 0.2) is 53.0 Å². The molecule has 1 saturated heterocycles. The van der Waals surface area contributed by atoms with E-state index in [4.69, 9.17) is 16.3 Å². The molecule has 8 nitrogen and oxygen atoms in total. The van der Waals surface area contributed by atoms with E-state index in [1.807, 2.05) is 0 Å². The molecule has 0 bridgehead atoms. The molecule has 0 radical (unpaired) electrons. The smallest absolute Gasteiger partial charge is 0.329 e. The number of methoxy groups -OCH3 is 1. The maximum absolute atomic E-state index is 13.5. The number of amides is 3. The van der Waals surface area contributed by atoms with Crippen molar-refractivity contribution in [2.24, 2.45) is 0 Å². The van der Waals surface area contributed by atoms with Gasteiger partial charge in [-0.1, -0.05) is 17.7 Å².